The predicted octanol–water partition coefficient (Wildman–Crippen LogP) is 2.30. The van der Waals surface area contributed by atoms with E-state index in [1.165, 1.54) is 0 Å². The first-order chi connectivity index (χ1) is 9.54. The van der Waals surface area contributed by atoms with Crippen LogP contribution in [-0.4, -0.2) is 29.9 Å². The van der Waals surface area contributed by atoms with Crippen molar-refractivity contribution in [2.24, 2.45) is 5.41 Å². The van der Waals surface area contributed by atoms with Gasteiger partial charge in [0.1, 0.15) is 0 Å². The van der Waals surface area contributed by atoms with E-state index >= 15 is 0 Å². The summed E-state index contributed by atoms with van der Waals surface area (Å²) in [6.07, 6.45) is 2.32. The molecule has 5 heteroatoms. The number of carbonyl (C=O) groups excluding carboxylic acids is 2. The van der Waals surface area contributed by atoms with Gasteiger partial charge in [0.15, 0.2) is 5.78 Å². The van der Waals surface area contributed by atoms with Crippen molar-refractivity contribution < 1.29 is 14.7 Å². The van der Waals surface area contributed by atoms with Crippen LogP contribution in [0.25, 0.3) is 0 Å². The van der Waals surface area contributed by atoms with Crippen LogP contribution in [0.5, 0.6) is 0 Å². The highest BCUT2D eigenvalue weighted by atomic mass is 79.9. The molecule has 20 heavy (non-hydrogen) atoms. The number of amides is 1. The van der Waals surface area contributed by atoms with Gasteiger partial charge in [-0.3, -0.25) is 9.59 Å². The lowest BCUT2D eigenvalue weighted by molar-refractivity contribution is -0.121. The molecule has 4 nitrogen and oxygen atoms in total. The second-order valence-corrected chi connectivity index (χ2v) is 6.28. The fourth-order valence-electron chi connectivity index (χ4n) is 1.95. The largest absolute Gasteiger partial charge is 0.396 e. The van der Waals surface area contributed by atoms with Gasteiger partial charge in [0, 0.05) is 34.8 Å². The third-order valence-electron chi connectivity index (χ3n) is 3.70. The Balaban J connectivity index is 1.73. The van der Waals surface area contributed by atoms with E-state index in [-0.39, 0.29) is 36.6 Å². The lowest BCUT2D eigenvalue weighted by atomic mass is 10.1. The topological polar surface area (TPSA) is 66.4 Å². The zero-order valence-corrected chi connectivity index (χ0v) is 12.8. The molecule has 0 bridgehead atoms. The zero-order valence-electron chi connectivity index (χ0n) is 11.2. The molecule has 1 aromatic carbocycles. The summed E-state index contributed by atoms with van der Waals surface area (Å²) in [5, 5.41) is 11.9. The van der Waals surface area contributed by atoms with E-state index in [4.69, 9.17) is 5.11 Å². The molecular formula is C15H18BrNO3. The van der Waals surface area contributed by atoms with Crippen molar-refractivity contribution >= 4 is 27.6 Å². The van der Waals surface area contributed by atoms with Crippen LogP contribution in [0.4, 0.5) is 0 Å². The van der Waals surface area contributed by atoms with Crippen molar-refractivity contribution in [1.29, 1.82) is 0 Å². The maximum absolute atomic E-state index is 11.9. The number of hydrogen-bond acceptors (Lipinski definition) is 3. The minimum absolute atomic E-state index is 0.0315. The molecular weight excluding hydrogens is 322 g/mol. The SMILES string of the molecule is O=C(CCC(=O)c1ccc(Br)cc1)NCC1(CO)CC1. The molecule has 1 aliphatic carbocycles. The number of aliphatic hydroxyl groups is 1. The van der Waals surface area contributed by atoms with Crippen LogP contribution < -0.4 is 5.32 Å². The first-order valence-corrected chi connectivity index (χ1v) is 7.50. The van der Waals surface area contributed by atoms with Crippen molar-refractivity contribution in [3.8, 4) is 0 Å². The Labute approximate surface area is 126 Å². The summed E-state index contributed by atoms with van der Waals surface area (Å²) in [6, 6.07) is 7.11. The Hall–Kier alpha value is -1.20. The van der Waals surface area contributed by atoms with E-state index in [1.807, 2.05) is 12.1 Å². The average Bonchev–Trinajstić information content (AvgIpc) is 3.24. The second kappa shape index (κ2) is 6.50. The number of aliphatic hydroxyl groups excluding tert-OH is 1. The van der Waals surface area contributed by atoms with Gasteiger partial charge in [-0.1, -0.05) is 28.1 Å². The first-order valence-electron chi connectivity index (χ1n) is 6.71. The molecule has 0 unspecified atom stereocenters. The summed E-state index contributed by atoms with van der Waals surface area (Å²) in [5.41, 5.74) is 0.529. The summed E-state index contributed by atoms with van der Waals surface area (Å²) in [6.45, 7) is 0.625. The molecule has 0 atom stereocenters. The van der Waals surface area contributed by atoms with E-state index < -0.39 is 0 Å². The molecule has 0 radical (unpaired) electrons. The quantitative estimate of drug-likeness (QED) is 0.749. The van der Waals surface area contributed by atoms with Crippen LogP contribution in [0.2, 0.25) is 0 Å². The Morgan fingerprint density at radius 1 is 1.20 bits per heavy atom. The normalized spacial score (nSPS) is 15.7. The molecule has 1 saturated carbocycles. The standard InChI is InChI=1S/C15H18BrNO3/c16-12-3-1-11(2-4-12)13(19)5-6-14(20)17-9-15(10-18)7-8-15/h1-4,18H,5-10H2,(H,17,20). The summed E-state index contributed by atoms with van der Waals surface area (Å²) >= 11 is 3.31. The smallest absolute Gasteiger partial charge is 0.220 e. The van der Waals surface area contributed by atoms with E-state index in [0.29, 0.717) is 12.1 Å². The number of rotatable bonds is 7. The summed E-state index contributed by atoms with van der Waals surface area (Å²) in [7, 11) is 0. The molecule has 1 aromatic rings. The Kier molecular flexibility index (Phi) is 4.94. The maximum Gasteiger partial charge on any atom is 0.220 e. The van der Waals surface area contributed by atoms with E-state index in [9.17, 15) is 9.59 Å². The lowest BCUT2D eigenvalue weighted by Gasteiger charge is -2.12. The van der Waals surface area contributed by atoms with E-state index in [0.717, 1.165) is 17.3 Å². The van der Waals surface area contributed by atoms with Crippen molar-refractivity contribution in [1.82, 2.24) is 5.32 Å². The molecule has 0 aromatic heterocycles. The van der Waals surface area contributed by atoms with Crippen molar-refractivity contribution in [2.75, 3.05) is 13.2 Å². The van der Waals surface area contributed by atoms with Crippen LogP contribution in [0.15, 0.2) is 28.7 Å². The molecule has 2 rings (SSSR count). The minimum Gasteiger partial charge on any atom is -0.396 e. The third-order valence-corrected chi connectivity index (χ3v) is 4.23. The molecule has 0 spiro atoms. The third kappa shape index (κ3) is 4.15. The fraction of sp³-hybridized carbons (Fsp3) is 0.467. The number of nitrogens with one attached hydrogen (secondary N) is 1. The van der Waals surface area contributed by atoms with Gasteiger partial charge in [0.2, 0.25) is 5.91 Å². The van der Waals surface area contributed by atoms with E-state index in [2.05, 4.69) is 21.2 Å². The highest BCUT2D eigenvalue weighted by molar-refractivity contribution is 9.10. The molecule has 1 fully saturated rings. The van der Waals surface area contributed by atoms with Crippen molar-refractivity contribution in [3.05, 3.63) is 34.3 Å². The van der Waals surface area contributed by atoms with Gasteiger partial charge in [-0.2, -0.15) is 0 Å². The molecule has 108 valence electrons. The van der Waals surface area contributed by atoms with Gasteiger partial charge in [-0.25, -0.2) is 0 Å². The van der Waals surface area contributed by atoms with Crippen LogP contribution in [0.1, 0.15) is 36.0 Å². The molecule has 1 amide bonds. The van der Waals surface area contributed by atoms with Gasteiger partial charge in [0.05, 0.1) is 6.61 Å². The average molecular weight is 340 g/mol. The highest BCUT2D eigenvalue weighted by Crippen LogP contribution is 2.44. The summed E-state index contributed by atoms with van der Waals surface area (Å²) < 4.78 is 0.922. The number of benzene rings is 1. The maximum atomic E-state index is 11.9. The molecule has 0 saturated heterocycles. The predicted molar refractivity (Wildman–Crippen MR) is 79.5 cm³/mol. The zero-order chi connectivity index (χ0) is 14.6. The summed E-state index contributed by atoms with van der Waals surface area (Å²) in [5.74, 6) is -0.161. The van der Waals surface area contributed by atoms with Gasteiger partial charge in [0.25, 0.3) is 0 Å². The fourth-order valence-corrected chi connectivity index (χ4v) is 2.21. The molecule has 0 heterocycles. The van der Waals surface area contributed by atoms with Crippen molar-refractivity contribution in [2.45, 2.75) is 25.7 Å². The number of ketones is 1. The lowest BCUT2D eigenvalue weighted by Crippen LogP contribution is -2.32. The molecule has 0 aliphatic heterocycles. The second-order valence-electron chi connectivity index (χ2n) is 5.36. The van der Waals surface area contributed by atoms with Gasteiger partial charge in [-0.05, 0) is 25.0 Å². The Bertz CT molecular complexity index is 494. The Morgan fingerprint density at radius 3 is 2.40 bits per heavy atom. The van der Waals surface area contributed by atoms with Crippen LogP contribution in [0, 0.1) is 5.41 Å². The van der Waals surface area contributed by atoms with Gasteiger partial charge in [-0.15, -0.1) is 0 Å². The van der Waals surface area contributed by atoms with Crippen LogP contribution in [-0.2, 0) is 4.79 Å². The number of carbonyl (C=O) groups is 2. The van der Waals surface area contributed by atoms with Crippen LogP contribution >= 0.6 is 15.9 Å². The monoisotopic (exact) mass is 339 g/mol. The number of hydrogen-bond donors (Lipinski definition) is 2. The van der Waals surface area contributed by atoms with Crippen molar-refractivity contribution in [3.63, 3.8) is 0 Å². The number of Topliss-reactive ketones (excluding diaryl/α,β-unsaturated/α-hetero) is 1. The Morgan fingerprint density at radius 2 is 1.85 bits per heavy atom. The van der Waals surface area contributed by atoms with E-state index in [1.54, 1.807) is 12.1 Å². The molecule has 2 N–H and O–H groups in total. The van der Waals surface area contributed by atoms with Crippen LogP contribution in [0.3, 0.4) is 0 Å². The van der Waals surface area contributed by atoms with Gasteiger partial charge < -0.3 is 10.4 Å². The molecule has 1 aliphatic rings. The highest BCUT2D eigenvalue weighted by Gasteiger charge is 2.41. The summed E-state index contributed by atoms with van der Waals surface area (Å²) in [4.78, 5) is 23.6. The number of halogens is 1. The minimum atomic E-state index is -0.129. The van der Waals surface area contributed by atoms with Gasteiger partial charge >= 0.3 is 0 Å². The first kappa shape index (κ1) is 15.2.